The van der Waals surface area contributed by atoms with Crippen LogP contribution >= 0.6 is 35.6 Å². The van der Waals surface area contributed by atoms with Gasteiger partial charge < -0.3 is 15.7 Å². The highest BCUT2D eigenvalue weighted by Crippen LogP contribution is 2.44. The van der Waals surface area contributed by atoms with Crippen LogP contribution < -0.4 is 10.6 Å². The predicted molar refractivity (Wildman–Crippen MR) is 98.9 cm³/mol. The Balaban J connectivity index is 0.00000208. The molecule has 3 atom stereocenters. The minimum absolute atomic E-state index is 0. The van der Waals surface area contributed by atoms with Crippen molar-refractivity contribution in [3.05, 3.63) is 33.8 Å². The van der Waals surface area contributed by atoms with Gasteiger partial charge in [-0.3, -0.25) is 4.79 Å². The maximum absolute atomic E-state index is 12.8. The number of amides is 1. The van der Waals surface area contributed by atoms with Gasteiger partial charge in [-0.05, 0) is 37.4 Å². The van der Waals surface area contributed by atoms with Gasteiger partial charge in [0.1, 0.15) is 0 Å². The van der Waals surface area contributed by atoms with Gasteiger partial charge in [0.05, 0.1) is 11.5 Å². The quantitative estimate of drug-likeness (QED) is 0.735. The summed E-state index contributed by atoms with van der Waals surface area (Å²) in [4.78, 5) is 12.8. The molecule has 3 rings (SSSR count). The number of halogens is 3. The first-order chi connectivity index (χ1) is 11.0. The molecule has 3 N–H and O–H groups in total. The van der Waals surface area contributed by atoms with Crippen LogP contribution in [-0.4, -0.2) is 30.6 Å². The standard InChI is InChI=1S/C17H22Cl2N2O2.ClH/c18-12-5-3-6-13(19)15(12)14(22)9-21-16(23)17-7-2-1-4-11(17)8-20-10-17;/h3,5-6,11,14,20,22H,1-2,4,7-10H2,(H,21,23);1H/t11-,14?,17+;/m0./s1. The summed E-state index contributed by atoms with van der Waals surface area (Å²) < 4.78 is 0. The van der Waals surface area contributed by atoms with Crippen LogP contribution in [0.5, 0.6) is 0 Å². The van der Waals surface area contributed by atoms with Crippen molar-refractivity contribution >= 4 is 41.5 Å². The van der Waals surface area contributed by atoms with E-state index in [2.05, 4.69) is 10.6 Å². The number of rotatable bonds is 4. The lowest BCUT2D eigenvalue weighted by Crippen LogP contribution is -2.48. The van der Waals surface area contributed by atoms with Gasteiger partial charge in [-0.2, -0.15) is 0 Å². The second-order valence-corrected chi connectivity index (χ2v) is 7.41. The third-order valence-corrected chi connectivity index (χ3v) is 5.94. The molecule has 4 nitrogen and oxygen atoms in total. The van der Waals surface area contributed by atoms with Crippen LogP contribution in [0.2, 0.25) is 10.0 Å². The zero-order valence-electron chi connectivity index (χ0n) is 13.4. The van der Waals surface area contributed by atoms with Crippen LogP contribution in [0.4, 0.5) is 0 Å². The average Bonchev–Trinajstić information content (AvgIpc) is 2.97. The molecule has 2 fully saturated rings. The molecule has 1 aromatic carbocycles. The molecule has 1 unspecified atom stereocenters. The van der Waals surface area contributed by atoms with E-state index in [4.69, 9.17) is 23.2 Å². The predicted octanol–water partition coefficient (Wildman–Crippen LogP) is 3.34. The van der Waals surface area contributed by atoms with E-state index in [0.29, 0.717) is 21.5 Å². The molecule has 1 aliphatic heterocycles. The molecule has 0 spiro atoms. The average molecular weight is 394 g/mol. The van der Waals surface area contributed by atoms with E-state index in [1.54, 1.807) is 18.2 Å². The first kappa shape index (κ1) is 19.8. The Labute approximate surface area is 158 Å². The van der Waals surface area contributed by atoms with E-state index in [9.17, 15) is 9.90 Å². The van der Waals surface area contributed by atoms with Crippen LogP contribution in [0.25, 0.3) is 0 Å². The second kappa shape index (κ2) is 8.24. The molecule has 134 valence electrons. The zero-order chi connectivity index (χ0) is 16.4. The van der Waals surface area contributed by atoms with Crippen molar-refractivity contribution in [2.45, 2.75) is 31.8 Å². The summed E-state index contributed by atoms with van der Waals surface area (Å²) in [5.74, 6) is 0.437. The Hall–Kier alpha value is -0.520. The number of hydrogen-bond donors (Lipinski definition) is 3. The summed E-state index contributed by atoms with van der Waals surface area (Å²) in [6.45, 7) is 1.76. The largest absolute Gasteiger partial charge is 0.386 e. The van der Waals surface area contributed by atoms with Gasteiger partial charge in [-0.1, -0.05) is 42.1 Å². The lowest BCUT2D eigenvalue weighted by Gasteiger charge is -2.37. The summed E-state index contributed by atoms with van der Waals surface area (Å²) in [5.41, 5.74) is 0.154. The number of aliphatic hydroxyl groups is 1. The maximum Gasteiger partial charge on any atom is 0.227 e. The topological polar surface area (TPSA) is 61.4 Å². The highest BCUT2D eigenvalue weighted by atomic mass is 35.5. The van der Waals surface area contributed by atoms with Crippen molar-refractivity contribution in [2.75, 3.05) is 19.6 Å². The summed E-state index contributed by atoms with van der Waals surface area (Å²) in [5, 5.41) is 17.5. The number of fused-ring (bicyclic) bond motifs is 1. The molecule has 0 aromatic heterocycles. The molecule has 1 aromatic rings. The Kier molecular flexibility index (Phi) is 6.80. The third kappa shape index (κ3) is 3.68. The molecule has 2 aliphatic rings. The number of aliphatic hydroxyl groups excluding tert-OH is 1. The van der Waals surface area contributed by atoms with Crippen molar-refractivity contribution in [3.63, 3.8) is 0 Å². The van der Waals surface area contributed by atoms with Crippen LogP contribution in [0, 0.1) is 11.3 Å². The van der Waals surface area contributed by atoms with E-state index in [1.165, 1.54) is 6.42 Å². The third-order valence-electron chi connectivity index (χ3n) is 5.28. The van der Waals surface area contributed by atoms with Gasteiger partial charge in [0.15, 0.2) is 0 Å². The Morgan fingerprint density at radius 2 is 2.08 bits per heavy atom. The first-order valence-corrected chi connectivity index (χ1v) is 8.91. The summed E-state index contributed by atoms with van der Waals surface area (Å²) in [6.07, 6.45) is 3.38. The molecule has 1 heterocycles. The lowest BCUT2D eigenvalue weighted by molar-refractivity contribution is -0.134. The fourth-order valence-electron chi connectivity index (χ4n) is 3.99. The molecule has 1 aliphatic carbocycles. The molecule has 0 radical (unpaired) electrons. The Bertz CT molecular complexity index is 579. The van der Waals surface area contributed by atoms with Crippen molar-refractivity contribution in [1.82, 2.24) is 10.6 Å². The van der Waals surface area contributed by atoms with Crippen LogP contribution in [0.15, 0.2) is 18.2 Å². The molecule has 24 heavy (non-hydrogen) atoms. The van der Waals surface area contributed by atoms with Gasteiger partial charge in [0.25, 0.3) is 0 Å². The van der Waals surface area contributed by atoms with Gasteiger partial charge in [-0.15, -0.1) is 12.4 Å². The van der Waals surface area contributed by atoms with Crippen LogP contribution in [-0.2, 0) is 4.79 Å². The Morgan fingerprint density at radius 3 is 2.79 bits per heavy atom. The summed E-state index contributed by atoms with van der Waals surface area (Å²) in [7, 11) is 0. The number of hydrogen-bond acceptors (Lipinski definition) is 3. The van der Waals surface area contributed by atoms with Crippen LogP contribution in [0.3, 0.4) is 0 Å². The zero-order valence-corrected chi connectivity index (χ0v) is 15.7. The van der Waals surface area contributed by atoms with E-state index < -0.39 is 6.10 Å². The minimum atomic E-state index is -0.909. The van der Waals surface area contributed by atoms with Crippen molar-refractivity contribution < 1.29 is 9.90 Å². The molecule has 1 saturated heterocycles. The molecule has 7 heteroatoms. The van der Waals surface area contributed by atoms with E-state index in [0.717, 1.165) is 32.4 Å². The normalized spacial score (nSPS) is 27.0. The van der Waals surface area contributed by atoms with Gasteiger partial charge >= 0.3 is 0 Å². The number of carbonyl (C=O) groups is 1. The first-order valence-electron chi connectivity index (χ1n) is 8.15. The van der Waals surface area contributed by atoms with Gasteiger partial charge in [-0.25, -0.2) is 0 Å². The maximum atomic E-state index is 12.8. The lowest BCUT2D eigenvalue weighted by atomic mass is 9.67. The van der Waals surface area contributed by atoms with Crippen molar-refractivity contribution in [1.29, 1.82) is 0 Å². The molecule has 1 amide bonds. The number of benzene rings is 1. The fraction of sp³-hybridized carbons (Fsp3) is 0.588. The highest BCUT2D eigenvalue weighted by Gasteiger charge is 2.49. The van der Waals surface area contributed by atoms with Gasteiger partial charge in [0, 0.05) is 28.7 Å². The molecular formula is C17H23Cl3N2O2. The minimum Gasteiger partial charge on any atom is -0.386 e. The van der Waals surface area contributed by atoms with Crippen molar-refractivity contribution in [3.8, 4) is 0 Å². The van der Waals surface area contributed by atoms with E-state index in [-0.39, 0.29) is 30.3 Å². The van der Waals surface area contributed by atoms with Crippen LogP contribution in [0.1, 0.15) is 37.4 Å². The fourth-order valence-corrected chi connectivity index (χ4v) is 4.64. The van der Waals surface area contributed by atoms with Crippen molar-refractivity contribution in [2.24, 2.45) is 11.3 Å². The summed E-state index contributed by atoms with van der Waals surface area (Å²) >= 11 is 12.2. The highest BCUT2D eigenvalue weighted by molar-refractivity contribution is 6.36. The SMILES string of the molecule is Cl.O=C(NCC(O)c1c(Cl)cccc1Cl)[C@@]12CCCC[C@H]1CNC2. The summed E-state index contributed by atoms with van der Waals surface area (Å²) in [6, 6.07) is 5.10. The van der Waals surface area contributed by atoms with Gasteiger partial charge in [0.2, 0.25) is 5.91 Å². The second-order valence-electron chi connectivity index (χ2n) is 6.59. The molecular weight excluding hydrogens is 371 g/mol. The molecule has 1 saturated carbocycles. The Morgan fingerprint density at radius 1 is 1.38 bits per heavy atom. The van der Waals surface area contributed by atoms with E-state index >= 15 is 0 Å². The monoisotopic (exact) mass is 392 g/mol. The van der Waals surface area contributed by atoms with E-state index in [1.807, 2.05) is 0 Å². The molecule has 0 bridgehead atoms. The number of carbonyl (C=O) groups excluding carboxylic acids is 1. The number of nitrogens with one attached hydrogen (secondary N) is 2. The smallest absolute Gasteiger partial charge is 0.227 e.